The number of rotatable bonds is 10. The molecule has 0 radical (unpaired) electrons. The molecule has 0 bridgehead atoms. The van der Waals surface area contributed by atoms with Crippen LogP contribution in [0, 0.1) is 0 Å². The molecule has 2 aromatic carbocycles. The van der Waals surface area contributed by atoms with Crippen molar-refractivity contribution in [3.8, 4) is 11.5 Å². The number of alkyl halides is 2. The SMILES string of the molecule is CN=C(NCCc1nccn1Cc1ccccc1)NCc1cc(OC)ccc1OC(F)F. The van der Waals surface area contributed by atoms with Gasteiger partial charge in [0.2, 0.25) is 0 Å². The van der Waals surface area contributed by atoms with Gasteiger partial charge in [-0.25, -0.2) is 4.98 Å². The summed E-state index contributed by atoms with van der Waals surface area (Å²) in [6.07, 6.45) is 4.45. The third-order valence-electron chi connectivity index (χ3n) is 4.79. The van der Waals surface area contributed by atoms with Crippen molar-refractivity contribution in [3.63, 3.8) is 0 Å². The van der Waals surface area contributed by atoms with Crippen molar-refractivity contribution in [3.05, 3.63) is 77.9 Å². The molecule has 0 aliphatic rings. The Morgan fingerprint density at radius 1 is 1.16 bits per heavy atom. The summed E-state index contributed by atoms with van der Waals surface area (Å²) in [4.78, 5) is 8.64. The maximum Gasteiger partial charge on any atom is 0.387 e. The summed E-state index contributed by atoms with van der Waals surface area (Å²) in [5.41, 5.74) is 1.74. The van der Waals surface area contributed by atoms with Crippen LogP contribution in [0.5, 0.6) is 11.5 Å². The van der Waals surface area contributed by atoms with E-state index in [4.69, 9.17) is 4.74 Å². The Labute approximate surface area is 186 Å². The van der Waals surface area contributed by atoms with Crippen LogP contribution in [-0.4, -0.2) is 42.8 Å². The van der Waals surface area contributed by atoms with Crippen molar-refractivity contribution >= 4 is 5.96 Å². The molecule has 2 N–H and O–H groups in total. The van der Waals surface area contributed by atoms with Gasteiger partial charge in [-0.2, -0.15) is 8.78 Å². The zero-order valence-corrected chi connectivity index (χ0v) is 18.1. The summed E-state index contributed by atoms with van der Waals surface area (Å²) in [6.45, 7) is -1.31. The van der Waals surface area contributed by atoms with Crippen molar-refractivity contribution in [2.24, 2.45) is 4.99 Å². The minimum atomic E-state index is -2.90. The van der Waals surface area contributed by atoms with E-state index in [1.165, 1.54) is 18.7 Å². The van der Waals surface area contributed by atoms with Crippen LogP contribution >= 0.6 is 0 Å². The number of hydrogen-bond donors (Lipinski definition) is 2. The van der Waals surface area contributed by atoms with Crippen molar-refractivity contribution in [2.75, 3.05) is 20.7 Å². The summed E-state index contributed by atoms with van der Waals surface area (Å²) in [6, 6.07) is 14.9. The van der Waals surface area contributed by atoms with Gasteiger partial charge >= 0.3 is 6.61 Å². The molecule has 3 aromatic rings. The summed E-state index contributed by atoms with van der Waals surface area (Å²) in [7, 11) is 3.16. The van der Waals surface area contributed by atoms with E-state index >= 15 is 0 Å². The molecule has 0 saturated carbocycles. The zero-order valence-electron chi connectivity index (χ0n) is 18.1. The molecular formula is C23H27F2N5O2. The highest BCUT2D eigenvalue weighted by molar-refractivity contribution is 5.79. The molecule has 0 aliphatic heterocycles. The van der Waals surface area contributed by atoms with Gasteiger partial charge in [-0.15, -0.1) is 0 Å². The van der Waals surface area contributed by atoms with Crippen LogP contribution < -0.4 is 20.1 Å². The third-order valence-corrected chi connectivity index (χ3v) is 4.79. The minimum Gasteiger partial charge on any atom is -0.497 e. The number of aromatic nitrogens is 2. The van der Waals surface area contributed by atoms with Crippen molar-refractivity contribution in [2.45, 2.75) is 26.1 Å². The Bertz CT molecular complexity index is 1010. The second-order valence-electron chi connectivity index (χ2n) is 6.91. The van der Waals surface area contributed by atoms with E-state index in [9.17, 15) is 8.78 Å². The monoisotopic (exact) mass is 443 g/mol. The van der Waals surface area contributed by atoms with E-state index in [0.717, 1.165) is 12.4 Å². The molecule has 7 nitrogen and oxygen atoms in total. The van der Waals surface area contributed by atoms with Gasteiger partial charge in [0, 0.05) is 51.1 Å². The topological polar surface area (TPSA) is 72.7 Å². The molecule has 1 aromatic heterocycles. The van der Waals surface area contributed by atoms with Crippen LogP contribution in [0.25, 0.3) is 0 Å². The lowest BCUT2D eigenvalue weighted by Crippen LogP contribution is -2.38. The number of imidazole rings is 1. The maximum atomic E-state index is 12.7. The van der Waals surface area contributed by atoms with E-state index in [1.54, 1.807) is 25.4 Å². The maximum absolute atomic E-state index is 12.7. The summed E-state index contributed by atoms with van der Waals surface area (Å²) in [5.74, 6) is 2.14. The molecule has 0 unspecified atom stereocenters. The Kier molecular flexibility index (Phi) is 8.42. The van der Waals surface area contributed by atoms with Gasteiger partial charge < -0.3 is 24.7 Å². The van der Waals surface area contributed by atoms with E-state index < -0.39 is 6.61 Å². The predicted molar refractivity (Wildman–Crippen MR) is 119 cm³/mol. The standard InChI is InChI=1S/C23H27F2N5O2/c1-26-23(29-15-18-14-19(31-2)8-9-20(18)32-22(24)25)28-11-10-21-27-12-13-30(21)16-17-6-4-3-5-7-17/h3-9,12-14,22H,10-11,15-16H2,1-2H3,(H2,26,28,29). The van der Waals surface area contributed by atoms with E-state index in [-0.39, 0.29) is 12.3 Å². The molecule has 3 rings (SSSR count). The summed E-state index contributed by atoms with van der Waals surface area (Å²) >= 11 is 0. The number of benzene rings is 2. The molecule has 0 spiro atoms. The minimum absolute atomic E-state index is 0.0895. The highest BCUT2D eigenvalue weighted by Crippen LogP contribution is 2.25. The zero-order chi connectivity index (χ0) is 22.8. The van der Waals surface area contributed by atoms with Crippen molar-refractivity contribution in [1.82, 2.24) is 20.2 Å². The lowest BCUT2D eigenvalue weighted by atomic mass is 10.2. The van der Waals surface area contributed by atoms with Crippen molar-refractivity contribution < 1.29 is 18.3 Å². The van der Waals surface area contributed by atoms with Crippen LogP contribution in [0.3, 0.4) is 0 Å². The van der Waals surface area contributed by atoms with E-state index in [0.29, 0.717) is 30.2 Å². The molecule has 32 heavy (non-hydrogen) atoms. The van der Waals surface area contributed by atoms with Gasteiger partial charge in [0.05, 0.1) is 7.11 Å². The quantitative estimate of drug-likeness (QED) is 0.371. The van der Waals surface area contributed by atoms with Crippen LogP contribution in [-0.2, 0) is 19.5 Å². The molecule has 0 saturated heterocycles. The highest BCUT2D eigenvalue weighted by atomic mass is 19.3. The second-order valence-corrected chi connectivity index (χ2v) is 6.91. The fraction of sp³-hybridized carbons (Fsp3) is 0.304. The van der Waals surface area contributed by atoms with Gasteiger partial charge in [-0.3, -0.25) is 4.99 Å². The fourth-order valence-corrected chi connectivity index (χ4v) is 3.22. The van der Waals surface area contributed by atoms with Gasteiger partial charge in [-0.05, 0) is 23.8 Å². The normalized spacial score (nSPS) is 11.5. The number of guanidine groups is 1. The van der Waals surface area contributed by atoms with Gasteiger partial charge in [-0.1, -0.05) is 30.3 Å². The Balaban J connectivity index is 1.54. The Hall–Kier alpha value is -3.62. The van der Waals surface area contributed by atoms with E-state index in [2.05, 4.69) is 42.0 Å². The Morgan fingerprint density at radius 2 is 1.97 bits per heavy atom. The molecule has 0 atom stereocenters. The lowest BCUT2D eigenvalue weighted by molar-refractivity contribution is -0.0504. The number of methoxy groups -OCH3 is 1. The smallest absolute Gasteiger partial charge is 0.387 e. The number of nitrogens with zero attached hydrogens (tertiary/aromatic N) is 3. The number of halogens is 2. The first kappa shape index (κ1) is 23.1. The van der Waals surface area contributed by atoms with Gasteiger partial charge in [0.1, 0.15) is 17.3 Å². The number of ether oxygens (including phenoxy) is 2. The molecule has 170 valence electrons. The average molecular weight is 443 g/mol. The van der Waals surface area contributed by atoms with Crippen LogP contribution in [0.2, 0.25) is 0 Å². The van der Waals surface area contributed by atoms with Crippen LogP contribution in [0.1, 0.15) is 17.0 Å². The predicted octanol–water partition coefficient (Wildman–Crippen LogP) is 3.45. The largest absolute Gasteiger partial charge is 0.497 e. The highest BCUT2D eigenvalue weighted by Gasteiger charge is 2.12. The number of hydrogen-bond acceptors (Lipinski definition) is 4. The summed E-state index contributed by atoms with van der Waals surface area (Å²) < 4.78 is 37.3. The first-order chi connectivity index (χ1) is 15.6. The number of nitrogens with one attached hydrogen (secondary N) is 2. The molecule has 0 amide bonds. The van der Waals surface area contributed by atoms with E-state index in [1.807, 2.05) is 24.4 Å². The van der Waals surface area contributed by atoms with Gasteiger partial charge in [0.15, 0.2) is 5.96 Å². The van der Waals surface area contributed by atoms with Crippen molar-refractivity contribution in [1.29, 1.82) is 0 Å². The Morgan fingerprint density at radius 3 is 2.69 bits per heavy atom. The molecule has 1 heterocycles. The third kappa shape index (κ3) is 6.69. The first-order valence-electron chi connectivity index (χ1n) is 10.2. The molecule has 0 aliphatic carbocycles. The summed E-state index contributed by atoms with van der Waals surface area (Å²) in [5, 5.41) is 6.34. The van der Waals surface area contributed by atoms with Crippen LogP contribution in [0.4, 0.5) is 8.78 Å². The van der Waals surface area contributed by atoms with Gasteiger partial charge in [0.25, 0.3) is 0 Å². The average Bonchev–Trinajstić information content (AvgIpc) is 3.24. The lowest BCUT2D eigenvalue weighted by Gasteiger charge is -2.15. The molecule has 0 fully saturated rings. The second kappa shape index (κ2) is 11.7. The first-order valence-corrected chi connectivity index (χ1v) is 10.2. The molecular weight excluding hydrogens is 416 g/mol. The molecule has 9 heteroatoms. The number of aliphatic imine (C=N–C) groups is 1. The van der Waals surface area contributed by atoms with Crippen LogP contribution in [0.15, 0.2) is 65.9 Å². The fourth-order valence-electron chi connectivity index (χ4n) is 3.22.